The molecule has 0 bridgehead atoms. The Morgan fingerprint density at radius 1 is 1.29 bits per heavy atom. The summed E-state index contributed by atoms with van der Waals surface area (Å²) < 4.78 is 14.3. The Labute approximate surface area is 80.6 Å². The van der Waals surface area contributed by atoms with E-state index in [0.29, 0.717) is 5.56 Å². The fraction of sp³-hybridized carbons (Fsp3) is 0.125. The molecule has 76 valence electrons. The predicted molar refractivity (Wildman–Crippen MR) is 44.7 cm³/mol. The quantitative estimate of drug-likeness (QED) is 0.525. The van der Waals surface area contributed by atoms with E-state index in [9.17, 15) is 19.1 Å². The summed E-state index contributed by atoms with van der Waals surface area (Å²) in [6.07, 6.45) is 0. The summed E-state index contributed by atoms with van der Waals surface area (Å²) in [6.45, 7) is 1.38. The molecule has 6 heteroatoms. The van der Waals surface area contributed by atoms with E-state index in [1.54, 1.807) is 0 Å². The number of hydrogen-bond acceptors (Lipinski definition) is 5. The summed E-state index contributed by atoms with van der Waals surface area (Å²) in [7, 11) is -5.01. The molecule has 0 atom stereocenters. The lowest BCUT2D eigenvalue weighted by atomic mass is 10.1. The second-order valence-corrected chi connectivity index (χ2v) is 3.70. The Kier molecular flexibility index (Phi) is 3.06. The Morgan fingerprint density at radius 3 is 2.14 bits per heavy atom. The first-order valence-electron chi connectivity index (χ1n) is 3.71. The predicted octanol–water partition coefficient (Wildman–Crippen LogP) is 0.0967. The maximum Gasteiger partial charge on any atom is 0.159 e. The van der Waals surface area contributed by atoms with Gasteiger partial charge in [0.05, 0.1) is 0 Å². The van der Waals surface area contributed by atoms with Gasteiger partial charge in [-0.25, -0.2) is 0 Å². The van der Waals surface area contributed by atoms with Crippen molar-refractivity contribution in [3.8, 4) is 5.75 Å². The molecule has 0 saturated carbocycles. The molecule has 0 heterocycles. The number of hydrogen-bond donors (Lipinski definition) is 0. The van der Waals surface area contributed by atoms with E-state index in [2.05, 4.69) is 4.52 Å². The van der Waals surface area contributed by atoms with Gasteiger partial charge in [0.2, 0.25) is 0 Å². The maximum atomic E-state index is 10.8. The molecule has 0 aromatic heterocycles. The van der Waals surface area contributed by atoms with Crippen molar-refractivity contribution in [2.45, 2.75) is 6.92 Å². The molecular weight excluding hydrogens is 207 g/mol. The summed E-state index contributed by atoms with van der Waals surface area (Å²) >= 11 is 0. The third-order valence-corrected chi connectivity index (χ3v) is 1.91. The van der Waals surface area contributed by atoms with Crippen LogP contribution in [0.1, 0.15) is 17.3 Å². The molecule has 1 aromatic carbocycles. The number of ketones is 1. The number of phosphoric acid groups is 1. The van der Waals surface area contributed by atoms with Crippen LogP contribution in [0.5, 0.6) is 5.75 Å². The first kappa shape index (κ1) is 10.9. The van der Waals surface area contributed by atoms with Crippen LogP contribution in [0.4, 0.5) is 0 Å². The SMILES string of the molecule is CC(=O)c1ccc(OP(=O)([O-])[O-])cc1. The highest BCUT2D eigenvalue weighted by molar-refractivity contribution is 7.43. The number of benzene rings is 1. The summed E-state index contributed by atoms with van der Waals surface area (Å²) in [4.78, 5) is 31.2. The molecule has 0 fully saturated rings. The van der Waals surface area contributed by atoms with Crippen molar-refractivity contribution in [2.75, 3.05) is 0 Å². The molecule has 0 aliphatic heterocycles. The summed E-state index contributed by atoms with van der Waals surface area (Å²) in [6, 6.07) is 5.26. The highest BCUT2D eigenvalue weighted by Crippen LogP contribution is 2.28. The number of carbonyl (C=O) groups excluding carboxylic acids is 1. The third kappa shape index (κ3) is 3.30. The van der Waals surface area contributed by atoms with E-state index in [1.807, 2.05) is 0 Å². The van der Waals surface area contributed by atoms with Gasteiger partial charge in [-0.3, -0.25) is 4.79 Å². The minimum absolute atomic E-state index is 0.0941. The smallest absolute Gasteiger partial charge is 0.159 e. The Morgan fingerprint density at radius 2 is 1.79 bits per heavy atom. The minimum atomic E-state index is -5.01. The van der Waals surface area contributed by atoms with Crippen LogP contribution >= 0.6 is 7.82 Å². The Hall–Kier alpha value is -1.16. The molecule has 14 heavy (non-hydrogen) atoms. The lowest BCUT2D eigenvalue weighted by molar-refractivity contribution is -0.333. The number of Topliss-reactive ketones (excluding diaryl/α,β-unsaturated/α-hetero) is 1. The zero-order valence-electron chi connectivity index (χ0n) is 7.30. The van der Waals surface area contributed by atoms with Gasteiger partial charge in [0, 0.05) is 5.56 Å². The molecular formula is C8H7O5P-2. The van der Waals surface area contributed by atoms with E-state index in [4.69, 9.17) is 0 Å². The first-order chi connectivity index (χ1) is 6.38. The van der Waals surface area contributed by atoms with Crippen LogP contribution in [0.2, 0.25) is 0 Å². The van der Waals surface area contributed by atoms with Crippen LogP contribution in [0.15, 0.2) is 24.3 Å². The van der Waals surface area contributed by atoms with Crippen molar-refractivity contribution in [1.82, 2.24) is 0 Å². The van der Waals surface area contributed by atoms with Crippen LogP contribution in [-0.4, -0.2) is 5.78 Å². The molecule has 0 aliphatic carbocycles. The van der Waals surface area contributed by atoms with Crippen LogP contribution in [0.25, 0.3) is 0 Å². The number of rotatable bonds is 3. The van der Waals surface area contributed by atoms with Crippen molar-refractivity contribution in [3.05, 3.63) is 29.8 Å². The van der Waals surface area contributed by atoms with Gasteiger partial charge in [-0.15, -0.1) is 0 Å². The fourth-order valence-electron chi connectivity index (χ4n) is 0.880. The van der Waals surface area contributed by atoms with Gasteiger partial charge in [-0.05, 0) is 31.2 Å². The van der Waals surface area contributed by atoms with Gasteiger partial charge in [0.25, 0.3) is 0 Å². The standard InChI is InChI=1S/C8H9O5P/c1-6(9)7-2-4-8(5-3-7)13-14(10,11)12/h2-5H,1H3,(H2,10,11,12)/p-2. The lowest BCUT2D eigenvalue weighted by Crippen LogP contribution is -2.18. The minimum Gasteiger partial charge on any atom is -0.780 e. The zero-order valence-corrected chi connectivity index (χ0v) is 8.19. The van der Waals surface area contributed by atoms with Crippen LogP contribution in [0.3, 0.4) is 0 Å². The van der Waals surface area contributed by atoms with E-state index in [1.165, 1.54) is 31.2 Å². The molecule has 0 spiro atoms. The van der Waals surface area contributed by atoms with E-state index < -0.39 is 7.82 Å². The molecule has 0 radical (unpaired) electrons. The number of phosphoric ester groups is 1. The topological polar surface area (TPSA) is 89.5 Å². The third-order valence-electron chi connectivity index (χ3n) is 1.48. The molecule has 1 aromatic rings. The summed E-state index contributed by atoms with van der Waals surface area (Å²) in [5, 5.41) is 0. The van der Waals surface area contributed by atoms with Crippen LogP contribution < -0.4 is 14.3 Å². The highest BCUT2D eigenvalue weighted by Gasteiger charge is 2.00. The summed E-state index contributed by atoms with van der Waals surface area (Å²) in [5.41, 5.74) is 0.420. The van der Waals surface area contributed by atoms with Crippen molar-refractivity contribution < 1.29 is 23.7 Å². The first-order valence-corrected chi connectivity index (χ1v) is 5.17. The van der Waals surface area contributed by atoms with Crippen LogP contribution in [-0.2, 0) is 4.57 Å². The normalized spacial score (nSPS) is 11.1. The maximum absolute atomic E-state index is 10.8. The van der Waals surface area contributed by atoms with Gasteiger partial charge in [0.1, 0.15) is 13.6 Å². The van der Waals surface area contributed by atoms with Crippen molar-refractivity contribution >= 4 is 13.6 Å². The molecule has 5 nitrogen and oxygen atoms in total. The van der Waals surface area contributed by atoms with E-state index in [0.717, 1.165) is 0 Å². The molecule has 1 rings (SSSR count). The van der Waals surface area contributed by atoms with Crippen molar-refractivity contribution in [3.63, 3.8) is 0 Å². The van der Waals surface area contributed by atoms with Gasteiger partial charge in [-0.1, -0.05) is 0 Å². The average Bonchev–Trinajstić information content (AvgIpc) is 2.02. The van der Waals surface area contributed by atoms with E-state index >= 15 is 0 Å². The van der Waals surface area contributed by atoms with Gasteiger partial charge in [-0.2, -0.15) is 0 Å². The molecule has 0 unspecified atom stereocenters. The highest BCUT2D eigenvalue weighted by atomic mass is 31.2. The number of carbonyl (C=O) groups is 1. The second kappa shape index (κ2) is 3.92. The molecule has 0 N–H and O–H groups in total. The molecule has 0 aliphatic rings. The fourth-order valence-corrected chi connectivity index (χ4v) is 1.26. The monoisotopic (exact) mass is 214 g/mol. The molecule has 0 amide bonds. The van der Waals surface area contributed by atoms with Crippen molar-refractivity contribution in [1.29, 1.82) is 0 Å². The van der Waals surface area contributed by atoms with E-state index in [-0.39, 0.29) is 11.5 Å². The van der Waals surface area contributed by atoms with Crippen LogP contribution in [0, 0.1) is 0 Å². The second-order valence-electron chi connectivity index (χ2n) is 2.62. The zero-order chi connectivity index (χ0) is 10.8. The van der Waals surface area contributed by atoms with Gasteiger partial charge in [0.15, 0.2) is 5.78 Å². The largest absolute Gasteiger partial charge is 0.780 e. The Bertz CT molecular complexity index is 377. The van der Waals surface area contributed by atoms with Crippen molar-refractivity contribution in [2.24, 2.45) is 0 Å². The van der Waals surface area contributed by atoms with Gasteiger partial charge >= 0.3 is 0 Å². The summed E-state index contributed by atoms with van der Waals surface area (Å²) in [5.74, 6) is -0.243. The molecule has 0 saturated heterocycles. The Balaban J connectivity index is 2.84. The average molecular weight is 214 g/mol. The van der Waals surface area contributed by atoms with Gasteiger partial charge < -0.3 is 18.9 Å². The lowest BCUT2D eigenvalue weighted by Gasteiger charge is -2.28.